The number of amides is 2. The molecule has 3 aliphatic heterocycles. The van der Waals surface area contributed by atoms with Gasteiger partial charge in [-0.25, -0.2) is 13.1 Å². The van der Waals surface area contributed by atoms with E-state index in [4.69, 9.17) is 4.74 Å². The molecule has 2 aromatic carbocycles. The summed E-state index contributed by atoms with van der Waals surface area (Å²) in [5.74, 6) is -1.94. The lowest BCUT2D eigenvalue weighted by atomic mass is 9.77. The Labute approximate surface area is 180 Å². The molecule has 0 saturated carbocycles. The number of imide groups is 1. The first-order chi connectivity index (χ1) is 14.8. The lowest BCUT2D eigenvalue weighted by molar-refractivity contribution is -0.144. The number of hydrogen-bond donors (Lipinski definition) is 1. The highest BCUT2D eigenvalue weighted by Crippen LogP contribution is 2.51. The van der Waals surface area contributed by atoms with Crippen molar-refractivity contribution < 1.29 is 22.7 Å². The fourth-order valence-corrected chi connectivity index (χ4v) is 5.77. The largest absolute Gasteiger partial charge is 0.361 e. The highest BCUT2D eigenvalue weighted by molar-refractivity contribution is 7.89. The number of hydrogen-bond acceptors (Lipinski definition) is 5. The first kappa shape index (κ1) is 20.1. The van der Waals surface area contributed by atoms with Crippen LogP contribution in [-0.2, 0) is 30.9 Å². The van der Waals surface area contributed by atoms with Gasteiger partial charge in [0.15, 0.2) is 0 Å². The van der Waals surface area contributed by atoms with Crippen LogP contribution in [0.2, 0.25) is 0 Å². The van der Waals surface area contributed by atoms with Crippen LogP contribution in [0.5, 0.6) is 0 Å². The van der Waals surface area contributed by atoms with Gasteiger partial charge in [0.1, 0.15) is 5.60 Å². The number of rotatable bonds is 6. The summed E-state index contributed by atoms with van der Waals surface area (Å²) in [6.45, 7) is 1.96. The van der Waals surface area contributed by atoms with Gasteiger partial charge < -0.3 is 4.74 Å². The van der Waals surface area contributed by atoms with Crippen molar-refractivity contribution in [1.82, 2.24) is 9.62 Å². The average molecular weight is 439 g/mol. The Morgan fingerprint density at radius 1 is 1.03 bits per heavy atom. The lowest BCUT2D eigenvalue weighted by Crippen LogP contribution is -2.48. The van der Waals surface area contributed by atoms with E-state index >= 15 is 0 Å². The molecule has 4 unspecified atom stereocenters. The van der Waals surface area contributed by atoms with E-state index in [0.717, 1.165) is 11.1 Å². The summed E-state index contributed by atoms with van der Waals surface area (Å²) < 4.78 is 34.1. The van der Waals surface area contributed by atoms with Crippen molar-refractivity contribution in [3.05, 3.63) is 77.9 Å². The van der Waals surface area contributed by atoms with Gasteiger partial charge in [-0.05, 0) is 24.6 Å². The van der Waals surface area contributed by atoms with E-state index in [0.29, 0.717) is 0 Å². The molecule has 3 heterocycles. The molecule has 2 saturated heterocycles. The van der Waals surface area contributed by atoms with Gasteiger partial charge in [0.25, 0.3) is 0 Å². The van der Waals surface area contributed by atoms with Crippen molar-refractivity contribution in [3.63, 3.8) is 0 Å². The van der Waals surface area contributed by atoms with E-state index in [1.807, 2.05) is 37.3 Å². The topological polar surface area (TPSA) is 92.8 Å². The number of likely N-dealkylation sites (tertiary alicyclic amines) is 1. The molecule has 7 nitrogen and oxygen atoms in total. The Balaban J connectivity index is 1.38. The third kappa shape index (κ3) is 3.22. The molecule has 0 aliphatic carbocycles. The number of carbonyl (C=O) groups excluding carboxylic acids is 2. The molecule has 160 valence electrons. The van der Waals surface area contributed by atoms with Gasteiger partial charge in [-0.3, -0.25) is 14.5 Å². The number of sulfonamides is 1. The number of aryl methyl sites for hydroxylation is 1. The molecular formula is C23H22N2O5S. The molecule has 0 spiro atoms. The molecule has 0 aromatic heterocycles. The molecule has 8 heteroatoms. The minimum Gasteiger partial charge on any atom is -0.361 e. The van der Waals surface area contributed by atoms with E-state index in [2.05, 4.69) is 4.72 Å². The van der Waals surface area contributed by atoms with Crippen LogP contribution in [0.15, 0.2) is 71.6 Å². The predicted octanol–water partition coefficient (Wildman–Crippen LogP) is 1.78. The minimum atomic E-state index is -3.79. The summed E-state index contributed by atoms with van der Waals surface area (Å²) in [5, 5.41) is 0. The van der Waals surface area contributed by atoms with Gasteiger partial charge in [-0.2, -0.15) is 0 Å². The van der Waals surface area contributed by atoms with Crippen LogP contribution in [0, 0.1) is 18.8 Å². The SMILES string of the molecule is Cc1ccc(S(=O)(=O)NCC23C=CC(O2)C2C(=O)N(Cc4ccccc4)C(=O)C23)cc1. The van der Waals surface area contributed by atoms with Gasteiger partial charge in [-0.15, -0.1) is 0 Å². The van der Waals surface area contributed by atoms with E-state index in [-0.39, 0.29) is 29.8 Å². The highest BCUT2D eigenvalue weighted by atomic mass is 32.2. The second-order valence-electron chi connectivity index (χ2n) is 8.29. The van der Waals surface area contributed by atoms with E-state index in [1.165, 1.54) is 17.0 Å². The van der Waals surface area contributed by atoms with Gasteiger partial charge >= 0.3 is 0 Å². The van der Waals surface area contributed by atoms with Gasteiger partial charge in [-0.1, -0.05) is 60.2 Å². The lowest BCUT2D eigenvalue weighted by Gasteiger charge is -2.29. The molecule has 0 radical (unpaired) electrons. The first-order valence-corrected chi connectivity index (χ1v) is 11.6. The Hall–Kier alpha value is -2.81. The number of ether oxygens (including phenoxy) is 1. The number of nitrogens with one attached hydrogen (secondary N) is 1. The molecule has 3 aliphatic rings. The van der Waals surface area contributed by atoms with Crippen molar-refractivity contribution >= 4 is 21.8 Å². The molecule has 5 rings (SSSR count). The summed E-state index contributed by atoms with van der Waals surface area (Å²) >= 11 is 0. The normalized spacial score (nSPS) is 29.1. The Bertz CT molecular complexity index is 1180. The Morgan fingerprint density at radius 3 is 2.45 bits per heavy atom. The molecule has 31 heavy (non-hydrogen) atoms. The molecular weight excluding hydrogens is 416 g/mol. The zero-order valence-corrected chi connectivity index (χ0v) is 17.7. The third-order valence-corrected chi connectivity index (χ3v) is 7.72. The molecule has 4 atom stereocenters. The maximum Gasteiger partial charge on any atom is 0.240 e. The van der Waals surface area contributed by atoms with Crippen molar-refractivity contribution in [1.29, 1.82) is 0 Å². The maximum absolute atomic E-state index is 13.2. The number of carbonyl (C=O) groups is 2. The second kappa shape index (κ2) is 7.12. The highest BCUT2D eigenvalue weighted by Gasteiger charge is 2.67. The summed E-state index contributed by atoms with van der Waals surface area (Å²) in [6.07, 6.45) is 2.97. The van der Waals surface area contributed by atoms with E-state index < -0.39 is 33.6 Å². The van der Waals surface area contributed by atoms with Crippen LogP contribution < -0.4 is 4.72 Å². The molecule has 2 bridgehead atoms. The van der Waals surface area contributed by atoms with Crippen LogP contribution in [0.3, 0.4) is 0 Å². The summed E-state index contributed by atoms with van der Waals surface area (Å²) in [5.41, 5.74) is 0.653. The van der Waals surface area contributed by atoms with Crippen LogP contribution in [0.25, 0.3) is 0 Å². The molecule has 2 amide bonds. The number of fused-ring (bicyclic) bond motifs is 5. The molecule has 2 aromatic rings. The first-order valence-electron chi connectivity index (χ1n) is 10.1. The molecule has 2 fully saturated rings. The fourth-order valence-electron chi connectivity index (χ4n) is 4.70. The van der Waals surface area contributed by atoms with Crippen LogP contribution in [0.1, 0.15) is 11.1 Å². The fraction of sp³-hybridized carbons (Fsp3) is 0.304. The van der Waals surface area contributed by atoms with Crippen LogP contribution in [0.4, 0.5) is 0 Å². The zero-order valence-electron chi connectivity index (χ0n) is 16.9. The summed E-state index contributed by atoms with van der Waals surface area (Å²) in [6, 6.07) is 15.8. The summed E-state index contributed by atoms with van der Waals surface area (Å²) in [4.78, 5) is 27.7. The predicted molar refractivity (Wildman–Crippen MR) is 112 cm³/mol. The van der Waals surface area contributed by atoms with Crippen molar-refractivity contribution in [3.8, 4) is 0 Å². The monoisotopic (exact) mass is 438 g/mol. The van der Waals surface area contributed by atoms with Gasteiger partial charge in [0.05, 0.1) is 29.4 Å². The van der Waals surface area contributed by atoms with Crippen molar-refractivity contribution in [2.75, 3.05) is 6.54 Å². The maximum atomic E-state index is 13.2. The van der Waals surface area contributed by atoms with Gasteiger partial charge in [0, 0.05) is 6.54 Å². The summed E-state index contributed by atoms with van der Waals surface area (Å²) in [7, 11) is -3.79. The second-order valence-corrected chi connectivity index (χ2v) is 10.1. The number of benzene rings is 2. The zero-order chi connectivity index (χ0) is 21.8. The number of nitrogens with zero attached hydrogens (tertiary/aromatic N) is 1. The van der Waals surface area contributed by atoms with Crippen molar-refractivity contribution in [2.24, 2.45) is 11.8 Å². The standard InChI is InChI=1S/C23H22N2O5S/c1-15-7-9-17(10-8-15)31(28,29)24-14-23-12-11-18(30-23)19-20(23)22(27)25(21(19)26)13-16-5-3-2-4-6-16/h2-12,18-20,24H,13-14H2,1H3. The van der Waals surface area contributed by atoms with Gasteiger partial charge in [0.2, 0.25) is 21.8 Å². The minimum absolute atomic E-state index is 0.116. The quantitative estimate of drug-likeness (QED) is 0.548. The third-order valence-electron chi connectivity index (χ3n) is 6.30. The van der Waals surface area contributed by atoms with Crippen LogP contribution >= 0.6 is 0 Å². The average Bonchev–Trinajstić information content (AvgIpc) is 3.40. The Morgan fingerprint density at radius 2 is 1.74 bits per heavy atom. The molecule has 1 N–H and O–H groups in total. The van der Waals surface area contributed by atoms with Crippen molar-refractivity contribution in [2.45, 2.75) is 30.1 Å². The Kier molecular flexibility index (Phi) is 4.62. The van der Waals surface area contributed by atoms with E-state index in [9.17, 15) is 18.0 Å². The van der Waals surface area contributed by atoms with E-state index in [1.54, 1.807) is 24.3 Å². The van der Waals surface area contributed by atoms with Crippen LogP contribution in [-0.4, -0.2) is 43.4 Å². The smallest absolute Gasteiger partial charge is 0.240 e.